The molecule has 0 fully saturated rings. The number of nitrogens with zero attached hydrogens (tertiary/aromatic N) is 2. The van der Waals surface area contributed by atoms with Gasteiger partial charge >= 0.3 is 0 Å². The minimum Gasteiger partial charge on any atom is -0.494 e. The Morgan fingerprint density at radius 1 is 0.964 bits per heavy atom. The molecule has 2 heterocycles. The molecule has 0 saturated heterocycles. The zero-order valence-electron chi connectivity index (χ0n) is 14.3. The van der Waals surface area contributed by atoms with E-state index in [1.54, 1.807) is 12.1 Å². The van der Waals surface area contributed by atoms with Gasteiger partial charge in [-0.25, -0.2) is 0 Å². The van der Waals surface area contributed by atoms with E-state index in [0.717, 1.165) is 35.6 Å². The lowest BCUT2D eigenvalue weighted by molar-refractivity contribution is 0.0616. The second kappa shape index (κ2) is 5.70. The van der Waals surface area contributed by atoms with E-state index in [2.05, 4.69) is 15.1 Å². The van der Waals surface area contributed by atoms with Crippen molar-refractivity contribution in [3.05, 3.63) is 67.2 Å². The third-order valence-corrected chi connectivity index (χ3v) is 5.31. The molecule has 0 atom stereocenters. The number of carbonyl (C=O) groups excluding carboxylic acids is 2. The first-order valence-electron chi connectivity index (χ1n) is 8.51. The number of hydrogen-bond donors (Lipinski definition) is 3. The first-order valence-corrected chi connectivity index (χ1v) is 8.92. The molecule has 1 aliphatic carbocycles. The average molecular weight is 392 g/mol. The molecule has 138 valence electrons. The molecule has 2 amide bonds. The van der Waals surface area contributed by atoms with Crippen molar-refractivity contribution < 1.29 is 14.7 Å². The van der Waals surface area contributed by atoms with Crippen LogP contribution in [0.4, 0.5) is 0 Å². The van der Waals surface area contributed by atoms with Crippen LogP contribution < -0.4 is 5.56 Å². The molecule has 1 aliphatic heterocycles. The summed E-state index contributed by atoms with van der Waals surface area (Å²) in [5.41, 5.74) is 2.10. The highest BCUT2D eigenvalue weighted by molar-refractivity contribution is 7.71. The summed E-state index contributed by atoms with van der Waals surface area (Å²) < 4.78 is -0.0532. The standard InChI is InChI=1S/C19H12N4O4S/c24-15-12(16(25)22-19(28)21-15)7-20-23-17(26)10-5-3-8-1-2-9-4-6-11(18(23)27)14(10)13(8)9/h3-7H,1-2H2,(H3,21,22,24,25,28). The number of imide groups is 1. The molecule has 0 saturated carbocycles. The van der Waals surface area contributed by atoms with Crippen molar-refractivity contribution in [1.29, 1.82) is 0 Å². The quantitative estimate of drug-likeness (QED) is 0.350. The molecule has 3 N–H and O–H groups in total. The van der Waals surface area contributed by atoms with Crippen LogP contribution in [0, 0.1) is 4.77 Å². The molecular weight excluding hydrogens is 380 g/mol. The number of aromatic amines is 2. The van der Waals surface area contributed by atoms with E-state index in [-0.39, 0.29) is 10.3 Å². The minimum atomic E-state index is -0.690. The van der Waals surface area contributed by atoms with Gasteiger partial charge in [0.1, 0.15) is 5.56 Å². The van der Waals surface area contributed by atoms with Gasteiger partial charge in [0.05, 0.1) is 17.3 Å². The predicted molar refractivity (Wildman–Crippen MR) is 103 cm³/mol. The topological polar surface area (TPSA) is 119 Å². The van der Waals surface area contributed by atoms with Gasteiger partial charge in [-0.3, -0.25) is 19.4 Å². The van der Waals surface area contributed by atoms with Crippen LogP contribution in [0.5, 0.6) is 5.88 Å². The van der Waals surface area contributed by atoms with E-state index in [9.17, 15) is 19.5 Å². The van der Waals surface area contributed by atoms with E-state index in [1.165, 1.54) is 0 Å². The van der Waals surface area contributed by atoms with Crippen LogP contribution in [-0.4, -0.2) is 38.1 Å². The van der Waals surface area contributed by atoms with Crippen molar-refractivity contribution >= 4 is 41.0 Å². The number of aromatic hydroxyl groups is 1. The third kappa shape index (κ3) is 2.20. The van der Waals surface area contributed by atoms with E-state index >= 15 is 0 Å². The maximum Gasteiger partial charge on any atom is 0.282 e. The Balaban J connectivity index is 1.64. The van der Waals surface area contributed by atoms with Crippen LogP contribution >= 0.6 is 12.2 Å². The largest absolute Gasteiger partial charge is 0.494 e. The van der Waals surface area contributed by atoms with Crippen LogP contribution in [0.1, 0.15) is 37.4 Å². The number of aryl methyl sites for hydroxylation is 2. The van der Waals surface area contributed by atoms with Crippen molar-refractivity contribution in [1.82, 2.24) is 15.0 Å². The first kappa shape index (κ1) is 16.6. The fraction of sp³-hybridized carbons (Fsp3) is 0.105. The summed E-state index contributed by atoms with van der Waals surface area (Å²) in [6, 6.07) is 7.22. The van der Waals surface area contributed by atoms with Crippen molar-refractivity contribution in [2.24, 2.45) is 5.10 Å². The fourth-order valence-electron chi connectivity index (χ4n) is 3.83. The minimum absolute atomic E-state index is 0.0532. The van der Waals surface area contributed by atoms with Crippen LogP contribution in [0.2, 0.25) is 0 Å². The molecule has 5 rings (SSSR count). The summed E-state index contributed by atoms with van der Waals surface area (Å²) >= 11 is 4.76. The van der Waals surface area contributed by atoms with Gasteiger partial charge in [-0.05, 0) is 53.7 Å². The molecule has 1 aromatic heterocycles. The van der Waals surface area contributed by atoms with Crippen molar-refractivity contribution in [3.8, 4) is 5.88 Å². The highest BCUT2D eigenvalue weighted by atomic mass is 32.1. The number of rotatable bonds is 2. The molecule has 2 aliphatic rings. The number of H-pyrrole nitrogens is 2. The number of hydrazone groups is 1. The molecular formula is C19H12N4O4S. The summed E-state index contributed by atoms with van der Waals surface area (Å²) in [6.45, 7) is 0. The lowest BCUT2D eigenvalue weighted by atomic mass is 9.92. The number of amides is 2. The number of benzene rings is 2. The Kier molecular flexibility index (Phi) is 3.37. The molecule has 9 heteroatoms. The summed E-state index contributed by atoms with van der Waals surface area (Å²) in [5.74, 6) is -1.66. The number of hydrogen-bond acceptors (Lipinski definition) is 6. The van der Waals surface area contributed by atoms with Crippen LogP contribution in [0.3, 0.4) is 0 Å². The average Bonchev–Trinajstić information content (AvgIpc) is 3.08. The van der Waals surface area contributed by atoms with Crippen molar-refractivity contribution in [2.45, 2.75) is 12.8 Å². The molecule has 8 nitrogen and oxygen atoms in total. The Hall–Kier alpha value is -3.59. The highest BCUT2D eigenvalue weighted by Gasteiger charge is 2.35. The molecule has 0 radical (unpaired) electrons. The maximum absolute atomic E-state index is 12.9. The number of nitrogens with one attached hydrogen (secondary N) is 2. The molecule has 0 spiro atoms. The molecule has 0 unspecified atom stereocenters. The summed E-state index contributed by atoms with van der Waals surface area (Å²) in [5, 5.41) is 16.1. The van der Waals surface area contributed by atoms with Crippen LogP contribution in [-0.2, 0) is 12.8 Å². The van der Waals surface area contributed by atoms with Crippen molar-refractivity contribution in [3.63, 3.8) is 0 Å². The lowest BCUT2D eigenvalue weighted by Gasteiger charge is -2.23. The molecule has 0 bridgehead atoms. The third-order valence-electron chi connectivity index (χ3n) is 5.10. The zero-order chi connectivity index (χ0) is 19.6. The first-order chi connectivity index (χ1) is 13.5. The van der Waals surface area contributed by atoms with Gasteiger partial charge in [-0.2, -0.15) is 10.1 Å². The van der Waals surface area contributed by atoms with E-state index in [4.69, 9.17) is 12.2 Å². The second-order valence-corrected chi connectivity index (χ2v) is 7.04. The fourth-order valence-corrected chi connectivity index (χ4v) is 4.02. The zero-order valence-corrected chi connectivity index (χ0v) is 15.1. The number of carbonyl (C=O) groups is 2. The van der Waals surface area contributed by atoms with Gasteiger partial charge < -0.3 is 10.1 Å². The normalized spacial score (nSPS) is 15.2. The van der Waals surface area contributed by atoms with Gasteiger partial charge in [-0.15, -0.1) is 0 Å². The number of aromatic nitrogens is 2. The SMILES string of the molecule is O=C1c2ccc3c4c(ccc(c24)C(=O)N1N=Cc1c(O)[nH]c(=S)[nH]c1=O)CC3. The van der Waals surface area contributed by atoms with E-state index in [1.807, 2.05) is 12.1 Å². The monoisotopic (exact) mass is 392 g/mol. The van der Waals surface area contributed by atoms with Gasteiger partial charge in [-0.1, -0.05) is 12.1 Å². The van der Waals surface area contributed by atoms with E-state index < -0.39 is 23.3 Å². The lowest BCUT2D eigenvalue weighted by Crippen LogP contribution is -2.36. The van der Waals surface area contributed by atoms with Crippen LogP contribution in [0.25, 0.3) is 10.8 Å². The van der Waals surface area contributed by atoms with E-state index in [0.29, 0.717) is 21.5 Å². The van der Waals surface area contributed by atoms with Gasteiger partial charge in [0.25, 0.3) is 17.4 Å². The smallest absolute Gasteiger partial charge is 0.282 e. The Bertz CT molecular complexity index is 1310. The molecule has 28 heavy (non-hydrogen) atoms. The van der Waals surface area contributed by atoms with Gasteiger partial charge in [0, 0.05) is 5.39 Å². The highest BCUT2D eigenvalue weighted by Crippen LogP contribution is 2.38. The summed E-state index contributed by atoms with van der Waals surface area (Å²) in [4.78, 5) is 42.5. The van der Waals surface area contributed by atoms with Crippen LogP contribution in [0.15, 0.2) is 34.2 Å². The molecule has 2 aromatic carbocycles. The van der Waals surface area contributed by atoms with Gasteiger partial charge in [0.2, 0.25) is 5.88 Å². The Labute approximate surface area is 162 Å². The Morgan fingerprint density at radius 3 is 2.14 bits per heavy atom. The summed E-state index contributed by atoms with van der Waals surface area (Å²) in [6.07, 6.45) is 2.73. The summed E-state index contributed by atoms with van der Waals surface area (Å²) in [7, 11) is 0. The second-order valence-electron chi connectivity index (χ2n) is 6.63. The maximum atomic E-state index is 12.9. The molecule has 3 aromatic rings. The predicted octanol–water partition coefficient (Wildman–Crippen LogP) is 2.02. The Morgan fingerprint density at radius 2 is 1.57 bits per heavy atom. The van der Waals surface area contributed by atoms with Crippen molar-refractivity contribution in [2.75, 3.05) is 0 Å². The van der Waals surface area contributed by atoms with Gasteiger partial charge in [0.15, 0.2) is 4.77 Å².